The molecule has 0 aliphatic carbocycles. The number of carbonyl (C=O) groups is 3. The first-order chi connectivity index (χ1) is 13.3. The van der Waals surface area contributed by atoms with Crippen LogP contribution in [0.2, 0.25) is 0 Å². The SMILES string of the molecule is CC(C)NC(=O)CSc1ccccc1C(=O)O[C@@H](C)C(=O)c1ccc(F)cc1. The topological polar surface area (TPSA) is 72.5 Å². The van der Waals surface area contributed by atoms with Crippen LogP contribution in [0, 0.1) is 5.82 Å². The zero-order valence-corrected chi connectivity index (χ0v) is 16.7. The maximum absolute atomic E-state index is 13.0. The van der Waals surface area contributed by atoms with Gasteiger partial charge in [-0.25, -0.2) is 9.18 Å². The van der Waals surface area contributed by atoms with Crippen LogP contribution >= 0.6 is 11.8 Å². The zero-order chi connectivity index (χ0) is 20.7. The molecule has 0 spiro atoms. The highest BCUT2D eigenvalue weighted by atomic mass is 32.2. The summed E-state index contributed by atoms with van der Waals surface area (Å²) in [4.78, 5) is 37.3. The normalized spacial score (nSPS) is 11.8. The molecule has 2 aromatic carbocycles. The predicted octanol–water partition coefficient (Wildman–Crippen LogP) is 3.87. The van der Waals surface area contributed by atoms with Crippen LogP contribution in [0.1, 0.15) is 41.5 Å². The summed E-state index contributed by atoms with van der Waals surface area (Å²) < 4.78 is 18.3. The van der Waals surface area contributed by atoms with Crippen LogP contribution in [0.5, 0.6) is 0 Å². The van der Waals surface area contributed by atoms with Crippen LogP contribution in [0.3, 0.4) is 0 Å². The molecule has 0 bridgehead atoms. The Hall–Kier alpha value is -2.67. The van der Waals surface area contributed by atoms with E-state index in [1.807, 2.05) is 13.8 Å². The van der Waals surface area contributed by atoms with Crippen LogP contribution in [-0.2, 0) is 9.53 Å². The highest BCUT2D eigenvalue weighted by Crippen LogP contribution is 2.24. The lowest BCUT2D eigenvalue weighted by Crippen LogP contribution is -2.31. The van der Waals surface area contributed by atoms with E-state index in [0.29, 0.717) is 4.90 Å². The van der Waals surface area contributed by atoms with Crippen molar-refractivity contribution in [1.82, 2.24) is 5.32 Å². The molecule has 0 aliphatic rings. The lowest BCUT2D eigenvalue weighted by Gasteiger charge is -2.14. The van der Waals surface area contributed by atoms with E-state index in [9.17, 15) is 18.8 Å². The van der Waals surface area contributed by atoms with Crippen molar-refractivity contribution >= 4 is 29.4 Å². The molecule has 0 saturated carbocycles. The molecular formula is C21H22FNO4S. The van der Waals surface area contributed by atoms with Crippen LogP contribution in [0.15, 0.2) is 53.4 Å². The molecule has 2 rings (SSSR count). The largest absolute Gasteiger partial charge is 0.451 e. The summed E-state index contributed by atoms with van der Waals surface area (Å²) in [6.07, 6.45) is -1.03. The fraction of sp³-hybridized carbons (Fsp3) is 0.286. The summed E-state index contributed by atoms with van der Waals surface area (Å²) in [7, 11) is 0. The van der Waals surface area contributed by atoms with Gasteiger partial charge in [-0.15, -0.1) is 11.8 Å². The number of rotatable bonds is 8. The second kappa shape index (κ2) is 10.0. The Balaban J connectivity index is 2.04. The third-order valence-corrected chi connectivity index (χ3v) is 4.77. The number of benzene rings is 2. The number of ketones is 1. The van der Waals surface area contributed by atoms with Crippen LogP contribution in [0.4, 0.5) is 4.39 Å². The molecular weight excluding hydrogens is 381 g/mol. The molecule has 1 amide bonds. The lowest BCUT2D eigenvalue weighted by atomic mass is 10.1. The molecule has 1 N–H and O–H groups in total. The van der Waals surface area contributed by atoms with Crippen molar-refractivity contribution in [3.8, 4) is 0 Å². The number of Topliss-reactive ketones (excluding diaryl/α,β-unsaturated/α-hetero) is 1. The van der Waals surface area contributed by atoms with Gasteiger partial charge in [0.25, 0.3) is 0 Å². The first-order valence-corrected chi connectivity index (χ1v) is 9.78. The van der Waals surface area contributed by atoms with Crippen molar-refractivity contribution in [2.75, 3.05) is 5.75 Å². The van der Waals surface area contributed by atoms with E-state index in [0.717, 1.165) is 0 Å². The molecule has 5 nitrogen and oxygen atoms in total. The molecule has 0 aromatic heterocycles. The van der Waals surface area contributed by atoms with Gasteiger partial charge in [0, 0.05) is 16.5 Å². The maximum Gasteiger partial charge on any atom is 0.339 e. The third kappa shape index (κ3) is 6.20. The first kappa shape index (κ1) is 21.6. The van der Waals surface area contributed by atoms with Gasteiger partial charge < -0.3 is 10.1 Å². The Morgan fingerprint density at radius 3 is 2.32 bits per heavy atom. The fourth-order valence-electron chi connectivity index (χ4n) is 2.39. The second-order valence-electron chi connectivity index (χ2n) is 6.43. The average Bonchev–Trinajstić information content (AvgIpc) is 2.66. The Kier molecular flexibility index (Phi) is 7.75. The summed E-state index contributed by atoms with van der Waals surface area (Å²) >= 11 is 1.22. The monoisotopic (exact) mass is 403 g/mol. The third-order valence-electron chi connectivity index (χ3n) is 3.70. The van der Waals surface area contributed by atoms with Crippen LogP contribution < -0.4 is 5.32 Å². The predicted molar refractivity (Wildman–Crippen MR) is 106 cm³/mol. The number of esters is 1. The van der Waals surface area contributed by atoms with E-state index < -0.39 is 23.7 Å². The van der Waals surface area contributed by atoms with Crippen molar-refractivity contribution in [3.63, 3.8) is 0 Å². The molecule has 0 unspecified atom stereocenters. The minimum atomic E-state index is -1.03. The van der Waals surface area contributed by atoms with Gasteiger partial charge in [0.2, 0.25) is 11.7 Å². The van der Waals surface area contributed by atoms with Crippen molar-refractivity contribution in [2.45, 2.75) is 37.8 Å². The molecule has 0 radical (unpaired) electrons. The van der Waals surface area contributed by atoms with Crippen molar-refractivity contribution in [3.05, 3.63) is 65.5 Å². The van der Waals surface area contributed by atoms with Gasteiger partial charge in [0.1, 0.15) is 5.82 Å². The van der Waals surface area contributed by atoms with E-state index in [-0.39, 0.29) is 28.8 Å². The van der Waals surface area contributed by atoms with E-state index in [2.05, 4.69) is 5.32 Å². The highest BCUT2D eigenvalue weighted by Gasteiger charge is 2.22. The summed E-state index contributed by atoms with van der Waals surface area (Å²) in [6, 6.07) is 11.8. The summed E-state index contributed by atoms with van der Waals surface area (Å²) in [5, 5.41) is 2.78. The van der Waals surface area contributed by atoms with Crippen LogP contribution in [-0.4, -0.2) is 35.6 Å². The summed E-state index contributed by atoms with van der Waals surface area (Å²) in [5.74, 6) is -1.51. The number of hydrogen-bond donors (Lipinski definition) is 1. The van der Waals surface area contributed by atoms with Crippen molar-refractivity contribution < 1.29 is 23.5 Å². The van der Waals surface area contributed by atoms with E-state index in [4.69, 9.17) is 4.74 Å². The molecule has 28 heavy (non-hydrogen) atoms. The average molecular weight is 403 g/mol. The van der Waals surface area contributed by atoms with Crippen LogP contribution in [0.25, 0.3) is 0 Å². The van der Waals surface area contributed by atoms with Gasteiger partial charge in [-0.05, 0) is 57.2 Å². The Morgan fingerprint density at radius 1 is 1.04 bits per heavy atom. The molecule has 0 fully saturated rings. The van der Waals surface area contributed by atoms with E-state index in [1.54, 1.807) is 24.3 Å². The molecule has 0 heterocycles. The number of thioether (sulfide) groups is 1. The van der Waals surface area contributed by atoms with E-state index >= 15 is 0 Å². The number of nitrogens with one attached hydrogen (secondary N) is 1. The quantitative estimate of drug-likeness (QED) is 0.412. The lowest BCUT2D eigenvalue weighted by molar-refractivity contribution is -0.119. The Bertz CT molecular complexity index is 852. The second-order valence-corrected chi connectivity index (χ2v) is 7.44. The van der Waals surface area contributed by atoms with Gasteiger partial charge in [0.15, 0.2) is 6.10 Å². The highest BCUT2D eigenvalue weighted by molar-refractivity contribution is 8.00. The minimum absolute atomic E-state index is 0.0339. The molecule has 2 aromatic rings. The Morgan fingerprint density at radius 2 is 1.68 bits per heavy atom. The fourth-order valence-corrected chi connectivity index (χ4v) is 3.25. The molecule has 1 atom stereocenters. The standard InChI is InChI=1S/C21H22FNO4S/c1-13(2)23-19(24)12-28-18-7-5-4-6-17(18)21(26)27-14(3)20(25)15-8-10-16(22)11-9-15/h4-11,13-14H,12H2,1-3H3,(H,23,24)/t14-/m0/s1. The Labute approximate surface area is 167 Å². The maximum atomic E-state index is 13.0. The smallest absolute Gasteiger partial charge is 0.339 e. The number of carbonyl (C=O) groups excluding carboxylic acids is 3. The van der Waals surface area contributed by atoms with Gasteiger partial charge in [-0.3, -0.25) is 9.59 Å². The number of halogens is 1. The number of amides is 1. The zero-order valence-electron chi connectivity index (χ0n) is 15.9. The van der Waals surface area contributed by atoms with Gasteiger partial charge in [-0.2, -0.15) is 0 Å². The molecule has 0 aliphatic heterocycles. The first-order valence-electron chi connectivity index (χ1n) is 8.80. The summed E-state index contributed by atoms with van der Waals surface area (Å²) in [5.41, 5.74) is 0.540. The van der Waals surface area contributed by atoms with Gasteiger partial charge >= 0.3 is 5.97 Å². The van der Waals surface area contributed by atoms with Gasteiger partial charge in [-0.1, -0.05) is 12.1 Å². The van der Waals surface area contributed by atoms with Crippen molar-refractivity contribution in [1.29, 1.82) is 0 Å². The molecule has 148 valence electrons. The molecule has 0 saturated heterocycles. The number of ether oxygens (including phenoxy) is 1. The molecule has 7 heteroatoms. The van der Waals surface area contributed by atoms with E-state index in [1.165, 1.54) is 43.0 Å². The number of hydrogen-bond acceptors (Lipinski definition) is 5. The minimum Gasteiger partial charge on any atom is -0.451 e. The summed E-state index contributed by atoms with van der Waals surface area (Å²) in [6.45, 7) is 5.20. The van der Waals surface area contributed by atoms with Crippen molar-refractivity contribution in [2.24, 2.45) is 0 Å². The van der Waals surface area contributed by atoms with Gasteiger partial charge in [0.05, 0.1) is 11.3 Å².